The van der Waals surface area contributed by atoms with Crippen LogP contribution in [0.4, 0.5) is 13.2 Å². The summed E-state index contributed by atoms with van der Waals surface area (Å²) in [6.45, 7) is -0.0819. The Labute approximate surface area is 103 Å². The van der Waals surface area contributed by atoms with Crippen molar-refractivity contribution in [2.45, 2.75) is 24.4 Å². The van der Waals surface area contributed by atoms with Gasteiger partial charge < -0.3 is 0 Å². The number of hydrogen-bond acceptors (Lipinski definition) is 2. The van der Waals surface area contributed by atoms with Gasteiger partial charge in [0.1, 0.15) is 0 Å². The number of hydrogen-bond donors (Lipinski definition) is 0. The smallest absolute Gasteiger partial charge is 0.203 e. The highest BCUT2D eigenvalue weighted by molar-refractivity contribution is 7.90. The lowest BCUT2D eigenvalue weighted by Gasteiger charge is -2.25. The van der Waals surface area contributed by atoms with E-state index in [2.05, 4.69) is 0 Å². The third-order valence-corrected chi connectivity index (χ3v) is 4.63. The minimum Gasteiger partial charge on any atom is -0.203 e. The number of sulfonamides is 1. The molecule has 0 aliphatic carbocycles. The van der Waals surface area contributed by atoms with E-state index in [-0.39, 0.29) is 6.54 Å². The molecule has 7 heteroatoms. The summed E-state index contributed by atoms with van der Waals surface area (Å²) in [7, 11) is -5.24. The fraction of sp³-hybridized carbons (Fsp3) is 0.455. The number of nitrogens with zero attached hydrogens (tertiary/aromatic N) is 1. The van der Waals surface area contributed by atoms with Crippen LogP contribution in [0, 0.1) is 0 Å². The Hall–Kier alpha value is -1.08. The summed E-state index contributed by atoms with van der Waals surface area (Å²) in [5.74, 6) is 0. The molecule has 18 heavy (non-hydrogen) atoms. The van der Waals surface area contributed by atoms with E-state index in [9.17, 15) is 21.6 Å². The molecule has 1 heterocycles. The van der Waals surface area contributed by atoms with E-state index in [4.69, 9.17) is 0 Å². The fourth-order valence-corrected chi connectivity index (χ4v) is 3.37. The fourth-order valence-electron chi connectivity index (χ4n) is 2.17. The highest BCUT2D eigenvalue weighted by Gasteiger charge is 2.53. The van der Waals surface area contributed by atoms with E-state index in [0.29, 0.717) is 22.7 Å². The van der Waals surface area contributed by atoms with E-state index < -0.39 is 21.6 Å². The molecule has 0 N–H and O–H groups in total. The SMILES string of the molecule is O=S(=O)(N1CCC[C@@H]1c1ccccc1)C(F)(F)F. The predicted molar refractivity (Wildman–Crippen MR) is 60.1 cm³/mol. The molecule has 0 amide bonds. The van der Waals surface area contributed by atoms with Crippen molar-refractivity contribution in [3.63, 3.8) is 0 Å². The Morgan fingerprint density at radius 2 is 1.78 bits per heavy atom. The second-order valence-electron chi connectivity index (χ2n) is 4.13. The van der Waals surface area contributed by atoms with Crippen LogP contribution in [0.2, 0.25) is 0 Å². The number of benzene rings is 1. The average Bonchev–Trinajstić information content (AvgIpc) is 2.78. The van der Waals surface area contributed by atoms with Crippen LogP contribution in [0.3, 0.4) is 0 Å². The Kier molecular flexibility index (Phi) is 3.37. The molecule has 3 nitrogen and oxygen atoms in total. The van der Waals surface area contributed by atoms with Gasteiger partial charge in [0.15, 0.2) is 0 Å². The summed E-state index contributed by atoms with van der Waals surface area (Å²) in [6, 6.07) is 7.70. The number of rotatable bonds is 2. The molecule has 0 unspecified atom stereocenters. The van der Waals surface area contributed by atoms with Gasteiger partial charge >= 0.3 is 15.5 Å². The van der Waals surface area contributed by atoms with Crippen molar-refractivity contribution in [3.05, 3.63) is 35.9 Å². The van der Waals surface area contributed by atoms with Crippen molar-refractivity contribution >= 4 is 10.0 Å². The summed E-state index contributed by atoms with van der Waals surface area (Å²) in [5.41, 5.74) is -4.63. The number of alkyl halides is 3. The van der Waals surface area contributed by atoms with Gasteiger partial charge in [0, 0.05) is 6.54 Å². The van der Waals surface area contributed by atoms with Crippen molar-refractivity contribution in [2.75, 3.05) is 6.54 Å². The Bertz CT molecular complexity index is 513. The van der Waals surface area contributed by atoms with E-state index in [1.165, 1.54) is 0 Å². The highest BCUT2D eigenvalue weighted by Crippen LogP contribution is 2.39. The Morgan fingerprint density at radius 1 is 1.17 bits per heavy atom. The van der Waals surface area contributed by atoms with Crippen LogP contribution in [0.5, 0.6) is 0 Å². The Balaban J connectivity index is 2.35. The van der Waals surface area contributed by atoms with Crippen LogP contribution < -0.4 is 0 Å². The zero-order valence-corrected chi connectivity index (χ0v) is 10.2. The van der Waals surface area contributed by atoms with E-state index in [1.807, 2.05) is 0 Å². The molecule has 0 spiro atoms. The molecule has 0 saturated carbocycles. The van der Waals surface area contributed by atoms with Gasteiger partial charge in [-0.1, -0.05) is 30.3 Å². The van der Waals surface area contributed by atoms with Gasteiger partial charge in [0.25, 0.3) is 0 Å². The van der Waals surface area contributed by atoms with Crippen LogP contribution in [-0.4, -0.2) is 24.8 Å². The van der Waals surface area contributed by atoms with Crippen molar-refractivity contribution in [1.82, 2.24) is 4.31 Å². The molecular formula is C11H12F3NO2S. The average molecular weight is 279 g/mol. The normalized spacial score (nSPS) is 22.3. The molecule has 1 aromatic carbocycles. The number of halogens is 3. The van der Waals surface area contributed by atoms with Gasteiger partial charge in [-0.15, -0.1) is 0 Å². The first-order valence-electron chi connectivity index (χ1n) is 5.47. The second-order valence-corrected chi connectivity index (χ2v) is 6.01. The summed E-state index contributed by atoms with van der Waals surface area (Å²) < 4.78 is 61.1. The molecule has 1 saturated heterocycles. The molecule has 1 aliphatic heterocycles. The highest BCUT2D eigenvalue weighted by atomic mass is 32.2. The topological polar surface area (TPSA) is 37.4 Å². The largest absolute Gasteiger partial charge is 0.511 e. The lowest BCUT2D eigenvalue weighted by atomic mass is 10.1. The van der Waals surface area contributed by atoms with Crippen molar-refractivity contribution < 1.29 is 21.6 Å². The first-order valence-corrected chi connectivity index (χ1v) is 6.91. The van der Waals surface area contributed by atoms with E-state index in [0.717, 1.165) is 0 Å². The van der Waals surface area contributed by atoms with Gasteiger partial charge in [0.05, 0.1) is 6.04 Å². The molecular weight excluding hydrogens is 267 g/mol. The second kappa shape index (κ2) is 4.55. The molecule has 1 atom stereocenters. The molecule has 0 aromatic heterocycles. The van der Waals surface area contributed by atoms with E-state index in [1.54, 1.807) is 30.3 Å². The standard InChI is InChI=1S/C11H12F3NO2S/c12-11(13,14)18(16,17)15-8-4-7-10(15)9-5-2-1-3-6-9/h1-3,5-6,10H,4,7-8H2/t10-/m1/s1. The molecule has 2 rings (SSSR count). The van der Waals surface area contributed by atoms with Gasteiger partial charge in [-0.3, -0.25) is 0 Å². The van der Waals surface area contributed by atoms with Crippen LogP contribution in [-0.2, 0) is 10.0 Å². The predicted octanol–water partition coefficient (Wildman–Crippen LogP) is 2.67. The minimum absolute atomic E-state index is 0.0819. The van der Waals surface area contributed by atoms with E-state index >= 15 is 0 Å². The van der Waals surface area contributed by atoms with Crippen LogP contribution >= 0.6 is 0 Å². The maximum Gasteiger partial charge on any atom is 0.511 e. The third kappa shape index (κ3) is 2.24. The summed E-state index contributed by atoms with van der Waals surface area (Å²) in [4.78, 5) is 0. The molecule has 1 fully saturated rings. The van der Waals surface area contributed by atoms with Gasteiger partial charge in [0.2, 0.25) is 0 Å². The molecule has 0 radical (unpaired) electrons. The maximum atomic E-state index is 12.5. The Morgan fingerprint density at radius 3 is 2.33 bits per heavy atom. The van der Waals surface area contributed by atoms with Gasteiger partial charge in [-0.05, 0) is 18.4 Å². The summed E-state index contributed by atoms with van der Waals surface area (Å²) >= 11 is 0. The van der Waals surface area contributed by atoms with Crippen molar-refractivity contribution in [3.8, 4) is 0 Å². The molecule has 100 valence electrons. The van der Waals surface area contributed by atoms with Crippen molar-refractivity contribution in [1.29, 1.82) is 0 Å². The zero-order valence-electron chi connectivity index (χ0n) is 9.39. The van der Waals surface area contributed by atoms with Crippen molar-refractivity contribution in [2.24, 2.45) is 0 Å². The van der Waals surface area contributed by atoms with Gasteiger partial charge in [-0.2, -0.15) is 17.5 Å². The first kappa shape index (κ1) is 13.4. The van der Waals surface area contributed by atoms with Gasteiger partial charge in [-0.25, -0.2) is 8.42 Å². The molecule has 1 aromatic rings. The molecule has 1 aliphatic rings. The minimum atomic E-state index is -5.24. The summed E-state index contributed by atoms with van der Waals surface area (Å²) in [6.07, 6.45) is 0.855. The molecule has 0 bridgehead atoms. The quantitative estimate of drug-likeness (QED) is 0.834. The maximum absolute atomic E-state index is 12.5. The van der Waals surface area contributed by atoms with Crippen LogP contribution in [0.25, 0.3) is 0 Å². The van der Waals surface area contributed by atoms with Crippen LogP contribution in [0.1, 0.15) is 24.4 Å². The lowest BCUT2D eigenvalue weighted by molar-refractivity contribution is -0.0493. The monoisotopic (exact) mass is 279 g/mol. The third-order valence-electron chi connectivity index (χ3n) is 2.99. The summed E-state index contributed by atoms with van der Waals surface area (Å²) in [5, 5.41) is 0. The zero-order chi connectivity index (χ0) is 13.4. The first-order chi connectivity index (χ1) is 8.34. The van der Waals surface area contributed by atoms with Crippen LogP contribution in [0.15, 0.2) is 30.3 Å². The lowest BCUT2D eigenvalue weighted by Crippen LogP contribution is -2.40.